The molecule has 0 radical (unpaired) electrons. The molecule has 3 N–H and O–H groups in total. The zero-order valence-electron chi connectivity index (χ0n) is 15.1. The van der Waals surface area contributed by atoms with Crippen molar-refractivity contribution in [2.45, 2.75) is 96.8 Å². The zero-order chi connectivity index (χ0) is 17.2. The highest BCUT2D eigenvalue weighted by molar-refractivity contribution is 5.89. The number of carbonyl (C=O) groups is 1. The van der Waals surface area contributed by atoms with E-state index in [2.05, 4.69) is 6.92 Å². The number of nitrogens with two attached hydrogens (primary N) is 1. The lowest BCUT2D eigenvalue weighted by atomic mass is 10.0. The van der Waals surface area contributed by atoms with Gasteiger partial charge in [0.1, 0.15) is 0 Å². The van der Waals surface area contributed by atoms with Crippen LogP contribution < -0.4 is 5.73 Å². The molecule has 23 heavy (non-hydrogen) atoms. The van der Waals surface area contributed by atoms with Crippen molar-refractivity contribution in [1.29, 1.82) is 0 Å². The Morgan fingerprint density at radius 3 is 1.70 bits per heavy atom. The van der Waals surface area contributed by atoms with Crippen molar-refractivity contribution in [2.75, 3.05) is 0 Å². The minimum Gasteiger partial charge on any atom is -0.503 e. The Morgan fingerprint density at radius 2 is 1.26 bits per heavy atom. The maximum atomic E-state index is 10.6. The zero-order valence-corrected chi connectivity index (χ0v) is 15.1. The van der Waals surface area contributed by atoms with Crippen LogP contribution in [0, 0.1) is 0 Å². The van der Waals surface area contributed by atoms with Crippen LogP contribution >= 0.6 is 0 Å². The summed E-state index contributed by atoms with van der Waals surface area (Å²) in [6, 6.07) is 0. The quantitative estimate of drug-likeness (QED) is 0.159. The maximum Gasteiger partial charge on any atom is 0.283 e. The Hall–Kier alpha value is -1.25. The summed E-state index contributed by atoms with van der Waals surface area (Å²) in [5.74, 6) is -1.16. The van der Waals surface area contributed by atoms with E-state index in [1.807, 2.05) is 6.08 Å². The second-order valence-electron chi connectivity index (χ2n) is 6.38. The molecule has 0 aromatic rings. The summed E-state index contributed by atoms with van der Waals surface area (Å²) in [6.45, 7) is 2.27. The molecule has 3 nitrogen and oxygen atoms in total. The van der Waals surface area contributed by atoms with Gasteiger partial charge in [-0.3, -0.25) is 4.79 Å². The van der Waals surface area contributed by atoms with Crippen LogP contribution in [-0.4, -0.2) is 11.0 Å². The van der Waals surface area contributed by atoms with Crippen LogP contribution in [0.2, 0.25) is 0 Å². The number of rotatable bonds is 16. The van der Waals surface area contributed by atoms with Gasteiger partial charge in [0.25, 0.3) is 5.91 Å². The van der Waals surface area contributed by atoms with E-state index in [-0.39, 0.29) is 5.76 Å². The highest BCUT2D eigenvalue weighted by atomic mass is 16.3. The summed E-state index contributed by atoms with van der Waals surface area (Å²) < 4.78 is 0. The van der Waals surface area contributed by atoms with Crippen molar-refractivity contribution >= 4 is 5.91 Å². The lowest BCUT2D eigenvalue weighted by Gasteiger charge is -2.02. The monoisotopic (exact) mass is 323 g/mol. The van der Waals surface area contributed by atoms with Gasteiger partial charge in [0, 0.05) is 0 Å². The van der Waals surface area contributed by atoms with Gasteiger partial charge >= 0.3 is 0 Å². The first kappa shape index (κ1) is 21.8. The van der Waals surface area contributed by atoms with Crippen molar-refractivity contribution in [3.63, 3.8) is 0 Å². The molecule has 134 valence electrons. The fraction of sp³-hybridized carbons (Fsp3) is 0.750. The molecule has 0 unspecified atom stereocenters. The first-order chi connectivity index (χ1) is 11.2. The smallest absolute Gasteiger partial charge is 0.283 e. The molecule has 0 bridgehead atoms. The molecule has 0 aliphatic carbocycles. The molecule has 0 aliphatic heterocycles. The predicted octanol–water partition coefficient (Wildman–Crippen LogP) is 5.95. The molecule has 0 heterocycles. The summed E-state index contributed by atoms with van der Waals surface area (Å²) >= 11 is 0. The summed E-state index contributed by atoms with van der Waals surface area (Å²) in [7, 11) is 0. The van der Waals surface area contributed by atoms with Gasteiger partial charge in [0.05, 0.1) is 0 Å². The van der Waals surface area contributed by atoms with Gasteiger partial charge in [0.2, 0.25) is 0 Å². The number of hydrogen-bond acceptors (Lipinski definition) is 2. The van der Waals surface area contributed by atoms with E-state index in [0.29, 0.717) is 0 Å². The molecular weight excluding hydrogens is 286 g/mol. The minimum atomic E-state index is -0.782. The number of allylic oxidation sites excluding steroid dienone is 3. The number of hydrogen-bond donors (Lipinski definition) is 2. The number of aliphatic hydroxyl groups excluding tert-OH is 1. The molecule has 0 spiro atoms. The van der Waals surface area contributed by atoms with E-state index in [1.54, 1.807) is 6.08 Å². The predicted molar refractivity (Wildman–Crippen MR) is 99.4 cm³/mol. The van der Waals surface area contributed by atoms with Crippen LogP contribution in [-0.2, 0) is 4.79 Å². The van der Waals surface area contributed by atoms with Crippen LogP contribution in [0.1, 0.15) is 96.8 Å². The van der Waals surface area contributed by atoms with Gasteiger partial charge in [-0.25, -0.2) is 0 Å². The first-order valence-electron chi connectivity index (χ1n) is 9.54. The number of carbonyl (C=O) groups excluding carboxylic acids is 1. The molecule has 0 aliphatic rings. The Morgan fingerprint density at radius 1 is 0.826 bits per heavy atom. The van der Waals surface area contributed by atoms with E-state index >= 15 is 0 Å². The minimum absolute atomic E-state index is 0.383. The molecule has 0 aromatic carbocycles. The van der Waals surface area contributed by atoms with Crippen LogP contribution in [0.4, 0.5) is 0 Å². The van der Waals surface area contributed by atoms with Crippen LogP contribution in [0.15, 0.2) is 24.0 Å². The second-order valence-corrected chi connectivity index (χ2v) is 6.38. The summed E-state index contributed by atoms with van der Waals surface area (Å²) in [6.07, 6.45) is 23.7. The largest absolute Gasteiger partial charge is 0.503 e. The van der Waals surface area contributed by atoms with E-state index in [0.717, 1.165) is 6.42 Å². The van der Waals surface area contributed by atoms with Gasteiger partial charge in [-0.2, -0.15) is 0 Å². The Labute approximate surface area is 143 Å². The first-order valence-corrected chi connectivity index (χ1v) is 9.54. The fourth-order valence-electron chi connectivity index (χ4n) is 2.62. The average Bonchev–Trinajstić information content (AvgIpc) is 2.54. The third-order valence-corrected chi connectivity index (χ3v) is 4.12. The fourth-order valence-corrected chi connectivity index (χ4v) is 2.62. The van der Waals surface area contributed by atoms with E-state index < -0.39 is 5.91 Å². The molecule has 0 atom stereocenters. The standard InChI is InChI=1S/C20H37NO2/c1-2-3-4-5-6-7-8-9-10-11-12-13-14-15-16-17-18-19(22)20(21)23/h16-18,22H,2-15H2,1H3,(H2,21,23)/b17-16+,19-18-. The van der Waals surface area contributed by atoms with E-state index in [4.69, 9.17) is 10.8 Å². The van der Waals surface area contributed by atoms with Crippen LogP contribution in [0.3, 0.4) is 0 Å². The van der Waals surface area contributed by atoms with Crippen LogP contribution in [0.5, 0.6) is 0 Å². The molecular formula is C20H37NO2. The highest BCUT2D eigenvalue weighted by Gasteiger charge is 1.96. The summed E-state index contributed by atoms with van der Waals surface area (Å²) in [4.78, 5) is 10.6. The van der Waals surface area contributed by atoms with Gasteiger partial charge in [-0.05, 0) is 18.9 Å². The Kier molecular flexibility index (Phi) is 16.2. The molecule has 1 amide bonds. The highest BCUT2D eigenvalue weighted by Crippen LogP contribution is 2.13. The van der Waals surface area contributed by atoms with E-state index in [1.165, 1.54) is 89.5 Å². The van der Waals surface area contributed by atoms with Gasteiger partial charge in [-0.1, -0.05) is 96.1 Å². The van der Waals surface area contributed by atoms with Gasteiger partial charge in [0.15, 0.2) is 5.76 Å². The molecule has 0 saturated carbocycles. The van der Waals surface area contributed by atoms with Crippen molar-refractivity contribution < 1.29 is 9.90 Å². The third-order valence-electron chi connectivity index (χ3n) is 4.12. The number of aliphatic hydroxyl groups is 1. The lowest BCUT2D eigenvalue weighted by Crippen LogP contribution is -2.12. The topological polar surface area (TPSA) is 63.3 Å². The van der Waals surface area contributed by atoms with E-state index in [9.17, 15) is 4.79 Å². The van der Waals surface area contributed by atoms with Gasteiger partial charge in [-0.15, -0.1) is 0 Å². The molecule has 0 rings (SSSR count). The van der Waals surface area contributed by atoms with Crippen molar-refractivity contribution in [3.8, 4) is 0 Å². The summed E-state index contributed by atoms with van der Waals surface area (Å²) in [5, 5.41) is 9.08. The van der Waals surface area contributed by atoms with Crippen molar-refractivity contribution in [3.05, 3.63) is 24.0 Å². The number of primary amides is 1. The lowest BCUT2D eigenvalue weighted by molar-refractivity contribution is -0.116. The van der Waals surface area contributed by atoms with Crippen molar-refractivity contribution in [2.24, 2.45) is 5.73 Å². The average molecular weight is 324 g/mol. The maximum absolute atomic E-state index is 10.6. The second kappa shape index (κ2) is 17.1. The summed E-state index contributed by atoms with van der Waals surface area (Å²) in [5.41, 5.74) is 4.91. The normalized spacial score (nSPS) is 12.1. The SMILES string of the molecule is CCCCCCCCCCCCCCC/C=C/C=C(\O)C(N)=O. The molecule has 0 aromatic heterocycles. The number of amides is 1. The molecule has 0 fully saturated rings. The third kappa shape index (κ3) is 16.9. The Balaban J connectivity index is 3.21. The molecule has 0 saturated heterocycles. The van der Waals surface area contributed by atoms with Gasteiger partial charge < -0.3 is 10.8 Å². The van der Waals surface area contributed by atoms with Crippen molar-refractivity contribution in [1.82, 2.24) is 0 Å². The number of unbranched alkanes of at least 4 members (excludes halogenated alkanes) is 13. The Bertz CT molecular complexity index is 335. The van der Waals surface area contributed by atoms with Crippen LogP contribution in [0.25, 0.3) is 0 Å². The molecule has 3 heteroatoms.